The third kappa shape index (κ3) is 6.23. The number of nitrogens with two attached hydrogens (primary N) is 2. The summed E-state index contributed by atoms with van der Waals surface area (Å²) in [6.45, 7) is 14.5. The molecular weight excluding hydrogens is 669 g/mol. The maximum Gasteiger partial charge on any atom is 0.152 e. The summed E-state index contributed by atoms with van der Waals surface area (Å²) >= 11 is 0. The summed E-state index contributed by atoms with van der Waals surface area (Å²) in [7, 11) is 0. The molecule has 4 N–H and O–H groups in total. The molecule has 4 aromatic carbocycles. The van der Waals surface area contributed by atoms with Crippen LogP contribution in [0.1, 0.15) is 64.5 Å². The normalized spacial score (nSPS) is 13.2. The first kappa shape index (κ1) is 35.0. The van der Waals surface area contributed by atoms with Gasteiger partial charge in [-0.25, -0.2) is 19.9 Å². The Balaban J connectivity index is 1.09. The molecule has 9 heteroatoms. The lowest BCUT2D eigenvalue weighted by molar-refractivity contribution is -0.121. The Kier molecular flexibility index (Phi) is 8.88. The number of hydrogen-bond acceptors (Lipinski definition) is 7. The third-order valence-corrected chi connectivity index (χ3v) is 10.6. The van der Waals surface area contributed by atoms with E-state index in [1.165, 1.54) is 0 Å². The Hall–Kier alpha value is -6.09. The van der Waals surface area contributed by atoms with E-state index in [2.05, 4.69) is 117 Å². The predicted molar refractivity (Wildman–Crippen MR) is 221 cm³/mol. The van der Waals surface area contributed by atoms with E-state index in [-0.39, 0.29) is 17.6 Å². The maximum absolute atomic E-state index is 14.2. The first-order valence-electron chi connectivity index (χ1n) is 18.8. The van der Waals surface area contributed by atoms with Crippen LogP contribution in [0.3, 0.4) is 0 Å². The second kappa shape index (κ2) is 13.7. The zero-order valence-electron chi connectivity index (χ0n) is 31.7. The molecule has 0 radical (unpaired) electrons. The van der Waals surface area contributed by atoms with Gasteiger partial charge in [-0.1, -0.05) is 102 Å². The van der Waals surface area contributed by atoms with Crippen molar-refractivity contribution in [1.29, 1.82) is 0 Å². The van der Waals surface area contributed by atoms with Gasteiger partial charge in [0.1, 0.15) is 16.8 Å². The summed E-state index contributed by atoms with van der Waals surface area (Å²) in [4.78, 5) is 32.7. The number of Topliss-reactive ketones (excluding diaryl/α,β-unsaturated/α-hetero) is 1. The zero-order valence-corrected chi connectivity index (χ0v) is 31.7. The molecule has 272 valence electrons. The minimum atomic E-state index is -0.309. The predicted octanol–water partition coefficient (Wildman–Crippen LogP) is 9.77. The molecule has 0 saturated heterocycles. The van der Waals surface area contributed by atoms with Gasteiger partial charge in [0.25, 0.3) is 0 Å². The van der Waals surface area contributed by atoms with Crippen LogP contribution in [0, 0.1) is 11.8 Å². The van der Waals surface area contributed by atoms with Crippen molar-refractivity contribution in [3.05, 3.63) is 109 Å². The molecule has 0 aliphatic rings. The number of nitrogens with zero attached hydrogens (tertiary/aromatic N) is 6. The monoisotopic (exact) mass is 714 g/mol. The molecular formula is C45H46N8O. The highest BCUT2D eigenvalue weighted by atomic mass is 16.1. The summed E-state index contributed by atoms with van der Waals surface area (Å²) in [5, 5.41) is 2.02. The van der Waals surface area contributed by atoms with Crippen LogP contribution in [-0.4, -0.2) is 34.9 Å². The minimum absolute atomic E-state index is 0.166. The van der Waals surface area contributed by atoms with E-state index in [0.29, 0.717) is 23.5 Å². The highest BCUT2D eigenvalue weighted by Crippen LogP contribution is 2.36. The molecule has 4 aromatic heterocycles. The molecule has 4 heterocycles. The quantitative estimate of drug-likeness (QED) is 0.144. The number of carbonyl (C=O) groups is 1. The van der Waals surface area contributed by atoms with E-state index >= 15 is 0 Å². The number of aromatic nitrogens is 6. The van der Waals surface area contributed by atoms with Crippen molar-refractivity contribution in [2.75, 3.05) is 11.5 Å². The lowest BCUT2D eigenvalue weighted by Gasteiger charge is -2.19. The van der Waals surface area contributed by atoms with Gasteiger partial charge in [-0.2, -0.15) is 0 Å². The first-order valence-corrected chi connectivity index (χ1v) is 18.8. The standard InChI is InChI=1S/C45H46N8O/c1-25(2)21-52-23-48-39-41(52)35-19-33(13-15-37(35)50-44(39)46)31-11-7-9-29(17-31)27(5)43(54)28(6)30-10-8-12-32(18-30)34-14-16-38-36(20-34)42-40(45(47)51-38)49-24-53(42)22-26(3)4/h7-20,23-28H,21-22H2,1-6H3,(H2,46,50)(H2,47,51). The Labute approximate surface area is 315 Å². The molecule has 0 fully saturated rings. The molecule has 0 saturated carbocycles. The molecule has 9 nitrogen and oxygen atoms in total. The Morgan fingerprint density at radius 2 is 0.981 bits per heavy atom. The SMILES string of the molecule is CC(C)Cn1cnc2c(N)nc3ccc(-c4cccc(C(C)C(=O)C(C)c5cccc(-c6ccc7nc(N)c8ncn(CC(C)C)c8c7c6)c5)c4)cc3c21. The fourth-order valence-corrected chi connectivity index (χ4v) is 7.82. The van der Waals surface area contributed by atoms with Crippen molar-refractivity contribution in [2.24, 2.45) is 11.8 Å². The van der Waals surface area contributed by atoms with E-state index in [0.717, 1.165) is 90.3 Å². The van der Waals surface area contributed by atoms with Crippen molar-refractivity contribution >= 4 is 61.3 Å². The highest BCUT2D eigenvalue weighted by Gasteiger charge is 2.24. The van der Waals surface area contributed by atoms with Gasteiger partial charge < -0.3 is 20.6 Å². The van der Waals surface area contributed by atoms with Gasteiger partial charge in [0.05, 0.1) is 34.7 Å². The average Bonchev–Trinajstić information content (AvgIpc) is 3.79. The first-order chi connectivity index (χ1) is 26.0. The van der Waals surface area contributed by atoms with E-state index in [1.807, 2.05) is 50.8 Å². The number of imidazole rings is 2. The van der Waals surface area contributed by atoms with Crippen LogP contribution >= 0.6 is 0 Å². The van der Waals surface area contributed by atoms with Crippen LogP contribution in [0.2, 0.25) is 0 Å². The van der Waals surface area contributed by atoms with Crippen LogP contribution in [0.5, 0.6) is 0 Å². The van der Waals surface area contributed by atoms with E-state index in [4.69, 9.17) is 11.5 Å². The van der Waals surface area contributed by atoms with Crippen molar-refractivity contribution in [3.63, 3.8) is 0 Å². The minimum Gasteiger partial charge on any atom is -0.382 e. The number of anilines is 2. The number of benzene rings is 4. The van der Waals surface area contributed by atoms with E-state index in [1.54, 1.807) is 0 Å². The molecule has 8 rings (SSSR count). The summed E-state index contributed by atoms with van der Waals surface area (Å²) in [6.07, 6.45) is 3.72. The second-order valence-electron chi connectivity index (χ2n) is 15.5. The average molecular weight is 715 g/mol. The smallest absolute Gasteiger partial charge is 0.152 e. The Morgan fingerprint density at radius 1 is 0.574 bits per heavy atom. The number of carbonyl (C=O) groups excluding carboxylic acids is 1. The van der Waals surface area contributed by atoms with Crippen LogP contribution < -0.4 is 11.5 Å². The van der Waals surface area contributed by atoms with E-state index < -0.39 is 0 Å². The molecule has 0 spiro atoms. The lowest BCUT2D eigenvalue weighted by atomic mass is 9.84. The molecule has 2 atom stereocenters. The number of rotatable bonds is 10. The largest absolute Gasteiger partial charge is 0.382 e. The van der Waals surface area contributed by atoms with E-state index in [9.17, 15) is 4.79 Å². The number of pyridine rings is 2. The van der Waals surface area contributed by atoms with Gasteiger partial charge in [-0.15, -0.1) is 0 Å². The highest BCUT2D eigenvalue weighted by molar-refractivity contribution is 6.08. The van der Waals surface area contributed by atoms with Gasteiger partial charge in [-0.3, -0.25) is 4.79 Å². The van der Waals surface area contributed by atoms with Gasteiger partial charge >= 0.3 is 0 Å². The maximum atomic E-state index is 14.2. The fraction of sp³-hybridized carbons (Fsp3) is 0.267. The number of hydrogen-bond donors (Lipinski definition) is 2. The van der Waals surface area contributed by atoms with Crippen molar-refractivity contribution in [1.82, 2.24) is 29.1 Å². The summed E-state index contributed by atoms with van der Waals surface area (Å²) in [5.41, 5.74) is 23.9. The summed E-state index contributed by atoms with van der Waals surface area (Å²) in [6, 6.07) is 29.2. The topological polar surface area (TPSA) is 131 Å². The molecule has 0 amide bonds. The molecule has 2 unspecified atom stereocenters. The molecule has 54 heavy (non-hydrogen) atoms. The number of ketones is 1. The summed E-state index contributed by atoms with van der Waals surface area (Å²) < 4.78 is 4.35. The number of fused-ring (bicyclic) bond motifs is 6. The third-order valence-electron chi connectivity index (χ3n) is 10.6. The lowest BCUT2D eigenvalue weighted by Crippen LogP contribution is -2.16. The van der Waals surface area contributed by atoms with Crippen LogP contribution in [0.4, 0.5) is 11.6 Å². The van der Waals surface area contributed by atoms with Crippen LogP contribution in [0.15, 0.2) is 97.6 Å². The molecule has 8 aromatic rings. The second-order valence-corrected chi connectivity index (χ2v) is 15.5. The molecule has 0 aliphatic carbocycles. The summed E-state index contributed by atoms with van der Waals surface area (Å²) in [5.74, 6) is 1.32. The van der Waals surface area contributed by atoms with Gasteiger partial charge in [0.2, 0.25) is 0 Å². The number of nitrogen functional groups attached to an aromatic ring is 2. The van der Waals surface area contributed by atoms with Crippen molar-refractivity contribution in [3.8, 4) is 22.3 Å². The zero-order chi connectivity index (χ0) is 37.8. The fourth-order valence-electron chi connectivity index (χ4n) is 7.82. The molecule has 0 aliphatic heterocycles. The van der Waals surface area contributed by atoms with Gasteiger partial charge in [-0.05, 0) is 69.5 Å². The van der Waals surface area contributed by atoms with Crippen molar-refractivity contribution in [2.45, 2.75) is 66.5 Å². The molecule has 0 bridgehead atoms. The van der Waals surface area contributed by atoms with Gasteiger partial charge in [0.15, 0.2) is 11.6 Å². The van der Waals surface area contributed by atoms with Crippen LogP contribution in [0.25, 0.3) is 66.1 Å². The van der Waals surface area contributed by atoms with Gasteiger partial charge in [0, 0.05) is 35.7 Å². The Bertz CT molecular complexity index is 2540. The Morgan fingerprint density at radius 3 is 1.39 bits per heavy atom. The van der Waals surface area contributed by atoms with Crippen LogP contribution in [-0.2, 0) is 17.9 Å². The van der Waals surface area contributed by atoms with Crippen molar-refractivity contribution < 1.29 is 4.79 Å².